The van der Waals surface area contributed by atoms with Crippen molar-refractivity contribution in [3.8, 4) is 0 Å². The fourth-order valence-corrected chi connectivity index (χ4v) is 2.16. The average Bonchev–Trinajstić information content (AvgIpc) is 3.13. The molecule has 0 saturated heterocycles. The molecule has 0 unspecified atom stereocenters. The van der Waals surface area contributed by atoms with Gasteiger partial charge in [-0.05, 0) is 4.92 Å². The van der Waals surface area contributed by atoms with Crippen LogP contribution in [-0.4, -0.2) is 30.3 Å². The molecule has 0 atom stereocenters. The third kappa shape index (κ3) is 2.48. The summed E-state index contributed by atoms with van der Waals surface area (Å²) in [5.41, 5.74) is 2.11. The van der Waals surface area contributed by atoms with Crippen molar-refractivity contribution in [3.63, 3.8) is 0 Å². The number of imidazole rings is 1. The van der Waals surface area contributed by atoms with E-state index in [2.05, 4.69) is 25.4 Å². The van der Waals surface area contributed by atoms with Gasteiger partial charge < -0.3 is 10.1 Å². The first-order valence-electron chi connectivity index (χ1n) is 6.14. The summed E-state index contributed by atoms with van der Waals surface area (Å²) in [5, 5.41) is 21.1. The van der Waals surface area contributed by atoms with E-state index >= 15 is 0 Å². The van der Waals surface area contributed by atoms with Gasteiger partial charge in [-0.2, -0.15) is 15.4 Å². The predicted octanol–water partition coefficient (Wildman–Crippen LogP) is 1.31. The average molecular weight is 272 g/mol. The number of aromatic amines is 2. The minimum Gasteiger partial charge on any atom is -0.390 e. The number of nitrogens with one attached hydrogen (secondary N) is 2. The Hall–Kier alpha value is -2.77. The van der Waals surface area contributed by atoms with Gasteiger partial charge in [0.1, 0.15) is 5.69 Å². The molecule has 0 aliphatic heterocycles. The summed E-state index contributed by atoms with van der Waals surface area (Å²) in [6.45, 7) is 0. The zero-order valence-electron chi connectivity index (χ0n) is 10.5. The number of hydrogen-bond acceptors (Lipinski definition) is 5. The Morgan fingerprint density at radius 1 is 1.35 bits per heavy atom. The highest BCUT2D eigenvalue weighted by atomic mass is 16.6. The van der Waals surface area contributed by atoms with Crippen LogP contribution in [0.5, 0.6) is 0 Å². The summed E-state index contributed by atoms with van der Waals surface area (Å²) in [6.07, 6.45) is 10.7. The first-order chi connectivity index (χ1) is 9.72. The molecular weight excluding hydrogens is 260 g/mol. The topological polar surface area (TPSA) is 113 Å². The van der Waals surface area contributed by atoms with Crippen molar-refractivity contribution < 1.29 is 4.92 Å². The predicted molar refractivity (Wildman–Crippen MR) is 69.9 cm³/mol. The standard InChI is InChI=1S/C12H12N6O2/c19-18(20)12-14-10(5-8-3-1-2-4-8)11(15-12)6-9-7-13-17-16-9/h1-4,7-8H,5-6H2,(H,14,15)(H,13,16,17). The molecule has 2 N–H and O–H groups in total. The van der Waals surface area contributed by atoms with E-state index in [1.807, 2.05) is 24.3 Å². The van der Waals surface area contributed by atoms with Crippen molar-refractivity contribution in [1.82, 2.24) is 25.4 Å². The maximum absolute atomic E-state index is 10.9. The van der Waals surface area contributed by atoms with Gasteiger partial charge in [0.25, 0.3) is 0 Å². The minimum atomic E-state index is -0.518. The summed E-state index contributed by atoms with van der Waals surface area (Å²) in [5.74, 6) is -0.00147. The molecule has 102 valence electrons. The Morgan fingerprint density at radius 3 is 2.80 bits per heavy atom. The van der Waals surface area contributed by atoms with Gasteiger partial charge >= 0.3 is 5.95 Å². The second kappa shape index (κ2) is 5.08. The lowest BCUT2D eigenvalue weighted by atomic mass is 10.0. The summed E-state index contributed by atoms with van der Waals surface area (Å²) in [7, 11) is 0. The number of nitrogens with zero attached hydrogens (tertiary/aromatic N) is 4. The zero-order valence-corrected chi connectivity index (χ0v) is 10.5. The molecule has 0 radical (unpaired) electrons. The molecule has 20 heavy (non-hydrogen) atoms. The molecule has 0 spiro atoms. The van der Waals surface area contributed by atoms with Crippen LogP contribution in [0.15, 0.2) is 30.5 Å². The monoisotopic (exact) mass is 272 g/mol. The van der Waals surface area contributed by atoms with Crippen LogP contribution in [0.1, 0.15) is 17.1 Å². The molecule has 8 nitrogen and oxygen atoms in total. The lowest BCUT2D eigenvalue weighted by Gasteiger charge is -2.01. The van der Waals surface area contributed by atoms with Gasteiger partial charge in [-0.15, -0.1) is 0 Å². The van der Waals surface area contributed by atoms with Gasteiger partial charge in [-0.25, -0.2) is 4.98 Å². The van der Waals surface area contributed by atoms with Gasteiger partial charge in [-0.1, -0.05) is 29.3 Å². The molecule has 3 rings (SSSR count). The molecule has 1 aliphatic carbocycles. The second-order valence-electron chi connectivity index (χ2n) is 4.52. The van der Waals surface area contributed by atoms with E-state index in [-0.39, 0.29) is 11.9 Å². The van der Waals surface area contributed by atoms with Crippen molar-refractivity contribution in [1.29, 1.82) is 0 Å². The normalized spacial score (nSPS) is 14.2. The summed E-state index contributed by atoms with van der Waals surface area (Å²) >= 11 is 0. The molecule has 2 heterocycles. The Bertz CT molecular complexity index is 658. The van der Waals surface area contributed by atoms with Crippen LogP contribution in [0.3, 0.4) is 0 Å². The lowest BCUT2D eigenvalue weighted by Crippen LogP contribution is -2.01. The Balaban J connectivity index is 1.87. The summed E-state index contributed by atoms with van der Waals surface area (Å²) < 4.78 is 0. The first kappa shape index (κ1) is 12.3. The fraction of sp³-hybridized carbons (Fsp3) is 0.250. The van der Waals surface area contributed by atoms with E-state index in [1.54, 1.807) is 6.20 Å². The van der Waals surface area contributed by atoms with Crippen LogP contribution in [-0.2, 0) is 12.8 Å². The van der Waals surface area contributed by atoms with Crippen LogP contribution >= 0.6 is 0 Å². The van der Waals surface area contributed by atoms with E-state index in [0.29, 0.717) is 29.9 Å². The minimum absolute atomic E-state index is 0.231. The van der Waals surface area contributed by atoms with Crippen LogP contribution in [0.4, 0.5) is 5.95 Å². The number of hydrogen-bond donors (Lipinski definition) is 2. The number of aromatic nitrogens is 5. The molecule has 0 bridgehead atoms. The quantitative estimate of drug-likeness (QED) is 0.629. The van der Waals surface area contributed by atoms with Crippen molar-refractivity contribution in [2.75, 3.05) is 0 Å². The van der Waals surface area contributed by atoms with Crippen molar-refractivity contribution >= 4 is 5.95 Å². The molecule has 0 saturated carbocycles. The largest absolute Gasteiger partial charge is 0.432 e. The van der Waals surface area contributed by atoms with E-state index in [4.69, 9.17) is 0 Å². The SMILES string of the molecule is O=[N+]([O-])c1nc(CC2C=CC=C2)c(Cc2cn[nH]n2)[nH]1. The van der Waals surface area contributed by atoms with E-state index in [1.165, 1.54) is 0 Å². The van der Waals surface area contributed by atoms with Crippen LogP contribution in [0, 0.1) is 16.0 Å². The highest BCUT2D eigenvalue weighted by Gasteiger charge is 2.22. The summed E-state index contributed by atoms with van der Waals surface area (Å²) in [4.78, 5) is 17.2. The van der Waals surface area contributed by atoms with E-state index in [9.17, 15) is 10.1 Å². The number of H-pyrrole nitrogens is 2. The van der Waals surface area contributed by atoms with E-state index in [0.717, 1.165) is 0 Å². The highest BCUT2D eigenvalue weighted by molar-refractivity contribution is 5.28. The molecule has 2 aromatic heterocycles. The maximum Gasteiger partial charge on any atom is 0.432 e. The van der Waals surface area contributed by atoms with Gasteiger partial charge in [0.05, 0.1) is 18.3 Å². The Labute approximate surface area is 113 Å². The first-order valence-corrected chi connectivity index (χ1v) is 6.14. The Kier molecular flexibility index (Phi) is 3.12. The molecule has 8 heteroatoms. The van der Waals surface area contributed by atoms with Gasteiger partial charge in [0, 0.05) is 12.3 Å². The third-order valence-electron chi connectivity index (χ3n) is 3.10. The van der Waals surface area contributed by atoms with Crippen molar-refractivity contribution in [2.24, 2.45) is 5.92 Å². The van der Waals surface area contributed by atoms with Gasteiger partial charge in [-0.3, -0.25) is 0 Å². The number of allylic oxidation sites excluding steroid dienone is 4. The highest BCUT2D eigenvalue weighted by Crippen LogP contribution is 2.21. The van der Waals surface area contributed by atoms with Crippen LogP contribution in [0.2, 0.25) is 0 Å². The van der Waals surface area contributed by atoms with E-state index < -0.39 is 4.92 Å². The molecule has 1 aliphatic rings. The third-order valence-corrected chi connectivity index (χ3v) is 3.10. The number of rotatable bonds is 5. The maximum atomic E-state index is 10.9. The smallest absolute Gasteiger partial charge is 0.390 e. The van der Waals surface area contributed by atoms with Crippen LogP contribution in [0.25, 0.3) is 0 Å². The molecule has 0 fully saturated rings. The zero-order chi connectivity index (χ0) is 13.9. The molecule has 0 amide bonds. The molecule has 0 aromatic carbocycles. The fourth-order valence-electron chi connectivity index (χ4n) is 2.16. The van der Waals surface area contributed by atoms with Gasteiger partial charge in [0.15, 0.2) is 5.69 Å². The van der Waals surface area contributed by atoms with Gasteiger partial charge in [0.2, 0.25) is 0 Å². The molecule has 2 aromatic rings. The molecular formula is C12H12N6O2. The number of nitro groups is 1. The van der Waals surface area contributed by atoms with Crippen molar-refractivity contribution in [2.45, 2.75) is 12.8 Å². The Morgan fingerprint density at radius 2 is 2.15 bits per heavy atom. The summed E-state index contributed by atoms with van der Waals surface area (Å²) in [6, 6.07) is 0. The second-order valence-corrected chi connectivity index (χ2v) is 4.52. The van der Waals surface area contributed by atoms with Crippen molar-refractivity contribution in [3.05, 3.63) is 57.7 Å². The van der Waals surface area contributed by atoms with Crippen LogP contribution < -0.4 is 0 Å². The lowest BCUT2D eigenvalue weighted by molar-refractivity contribution is -0.393.